The third kappa shape index (κ3) is 12.4. The van der Waals surface area contributed by atoms with E-state index in [-0.39, 0.29) is 24.3 Å². The van der Waals surface area contributed by atoms with E-state index >= 15 is 0 Å². The van der Waals surface area contributed by atoms with E-state index in [1.165, 1.54) is 0 Å². The summed E-state index contributed by atoms with van der Waals surface area (Å²) in [5.41, 5.74) is 2.41. The van der Waals surface area contributed by atoms with Crippen molar-refractivity contribution in [2.75, 3.05) is 13.2 Å². The first-order valence-electron chi connectivity index (χ1n) is 11.4. The van der Waals surface area contributed by atoms with Gasteiger partial charge >= 0.3 is 24.2 Å². The summed E-state index contributed by atoms with van der Waals surface area (Å²) in [5, 5.41) is 8.27. The van der Waals surface area contributed by atoms with Gasteiger partial charge < -0.3 is 9.47 Å². The van der Waals surface area contributed by atoms with Crippen molar-refractivity contribution < 1.29 is 58.3 Å². The number of carbonyl (C=O) groups excluding carboxylic acids is 4. The molecular formula is C25H28O12. The van der Waals surface area contributed by atoms with E-state index in [0.717, 1.165) is 30.4 Å². The molecule has 0 spiro atoms. The minimum absolute atomic E-state index is 0.0789. The molecule has 0 aliphatic rings. The van der Waals surface area contributed by atoms with Gasteiger partial charge in [0.2, 0.25) is 0 Å². The number of rotatable bonds is 14. The fraction of sp³-hybridized carbons (Fsp3) is 0.360. The Bertz CT molecular complexity index is 920. The average Bonchev–Trinajstić information content (AvgIpc) is 2.88. The second-order valence-corrected chi connectivity index (χ2v) is 7.74. The molecule has 0 fully saturated rings. The molecule has 2 rings (SSSR count). The maximum Gasteiger partial charge on any atom is 0.543 e. The molecule has 0 N–H and O–H groups in total. The third-order valence-corrected chi connectivity index (χ3v) is 4.73. The van der Waals surface area contributed by atoms with Gasteiger partial charge in [0, 0.05) is 0 Å². The molecule has 37 heavy (non-hydrogen) atoms. The summed E-state index contributed by atoms with van der Waals surface area (Å²) in [6.45, 7) is 3.89. The molecule has 0 aliphatic carbocycles. The van der Waals surface area contributed by atoms with Crippen LogP contribution in [0.1, 0.15) is 63.9 Å². The van der Waals surface area contributed by atoms with Gasteiger partial charge in [0.25, 0.3) is 0 Å². The highest BCUT2D eigenvalue weighted by Crippen LogP contribution is 2.08. The number of benzene rings is 2. The topological polar surface area (TPSA) is 142 Å². The van der Waals surface area contributed by atoms with Crippen LogP contribution in [-0.4, -0.2) is 37.5 Å². The number of hydrogen-bond donors (Lipinski definition) is 0. The van der Waals surface area contributed by atoms with Gasteiger partial charge in [-0.25, -0.2) is 29.0 Å². The van der Waals surface area contributed by atoms with Crippen LogP contribution in [0.5, 0.6) is 0 Å². The summed E-state index contributed by atoms with van der Waals surface area (Å²) in [6.07, 6.45) is 1.08. The zero-order chi connectivity index (χ0) is 26.9. The highest BCUT2D eigenvalue weighted by molar-refractivity contribution is 5.89. The fourth-order valence-electron chi connectivity index (χ4n) is 2.72. The van der Waals surface area contributed by atoms with Crippen molar-refractivity contribution in [1.82, 2.24) is 0 Å². The molecule has 12 heteroatoms. The number of carbonyl (C=O) groups is 4. The molecule has 0 atom stereocenters. The molecule has 0 radical (unpaired) electrons. The maximum absolute atomic E-state index is 11.7. The van der Waals surface area contributed by atoms with E-state index < -0.39 is 24.2 Å². The Morgan fingerprint density at radius 3 is 1.24 bits per heavy atom. The Morgan fingerprint density at radius 1 is 0.514 bits per heavy atom. The van der Waals surface area contributed by atoms with E-state index in [4.69, 9.17) is 9.47 Å². The number of aryl methyl sites for hydroxylation is 2. The van der Waals surface area contributed by atoms with Crippen molar-refractivity contribution in [2.45, 2.75) is 46.0 Å². The molecule has 0 saturated carbocycles. The van der Waals surface area contributed by atoms with E-state index in [0.29, 0.717) is 12.8 Å². The lowest BCUT2D eigenvalue weighted by molar-refractivity contribution is -0.452. The number of unbranched alkanes of at least 4 members (excludes halogenated alkanes) is 4. The van der Waals surface area contributed by atoms with Crippen LogP contribution in [0.3, 0.4) is 0 Å². The minimum atomic E-state index is -1.14. The van der Waals surface area contributed by atoms with Crippen molar-refractivity contribution in [3.05, 3.63) is 70.8 Å². The fourth-order valence-corrected chi connectivity index (χ4v) is 2.72. The maximum atomic E-state index is 11.7. The van der Waals surface area contributed by atoms with E-state index in [1.807, 2.05) is 13.8 Å². The minimum Gasteiger partial charge on any atom is -0.432 e. The zero-order valence-electron chi connectivity index (χ0n) is 20.5. The van der Waals surface area contributed by atoms with Crippen molar-refractivity contribution in [3.63, 3.8) is 0 Å². The van der Waals surface area contributed by atoms with Crippen LogP contribution in [0.25, 0.3) is 0 Å². The Kier molecular flexibility index (Phi) is 13.0. The lowest BCUT2D eigenvalue weighted by atomic mass is 10.1. The lowest BCUT2D eigenvalue weighted by Crippen LogP contribution is -2.13. The monoisotopic (exact) mass is 520 g/mol. The summed E-state index contributed by atoms with van der Waals surface area (Å²) in [5.74, 6) is -1.64. The predicted octanol–water partition coefficient (Wildman–Crippen LogP) is 5.27. The van der Waals surface area contributed by atoms with Crippen molar-refractivity contribution in [3.8, 4) is 0 Å². The smallest absolute Gasteiger partial charge is 0.432 e. The summed E-state index contributed by atoms with van der Waals surface area (Å²) < 4.78 is 9.56. The Balaban J connectivity index is 1.38. The Hall–Kier alpha value is -4.16. The van der Waals surface area contributed by atoms with Gasteiger partial charge in [-0.3, -0.25) is 9.78 Å². The first-order chi connectivity index (χ1) is 17.8. The Labute approximate surface area is 213 Å². The molecule has 0 amide bonds. The van der Waals surface area contributed by atoms with Crippen LogP contribution in [0, 0.1) is 13.8 Å². The normalized spacial score (nSPS) is 10.2. The van der Waals surface area contributed by atoms with E-state index in [2.05, 4.69) is 29.6 Å². The molecule has 200 valence electrons. The van der Waals surface area contributed by atoms with Gasteiger partial charge in [-0.15, -0.1) is 0 Å². The van der Waals surface area contributed by atoms with E-state index in [9.17, 15) is 19.2 Å². The summed E-state index contributed by atoms with van der Waals surface area (Å²) in [7, 11) is 0. The summed E-state index contributed by atoms with van der Waals surface area (Å²) >= 11 is 0. The van der Waals surface area contributed by atoms with Gasteiger partial charge in [0.15, 0.2) is 0 Å². The van der Waals surface area contributed by atoms with Gasteiger partial charge in [-0.05, 0) is 51.0 Å². The van der Waals surface area contributed by atoms with Crippen molar-refractivity contribution in [2.24, 2.45) is 0 Å². The number of hydrogen-bond acceptors (Lipinski definition) is 12. The van der Waals surface area contributed by atoms with Gasteiger partial charge in [0.05, 0.1) is 34.4 Å². The molecule has 2 aromatic rings. The second kappa shape index (κ2) is 16.5. The average molecular weight is 520 g/mol. The Morgan fingerprint density at radius 2 is 0.865 bits per heavy atom. The molecule has 0 heterocycles. The highest BCUT2D eigenvalue weighted by Gasteiger charge is 2.13. The zero-order valence-corrected chi connectivity index (χ0v) is 20.5. The standard InChI is InChI=1S/C25H28O12/c1-18-8-12-20(13-9-18)22(26)32-36-34-24(28)30-16-6-4-3-5-7-17-31-25(29)35-37-33-23(27)21-14-10-19(2)11-15-21/h8-15H,3-7,16-17H2,1-2H3. The van der Waals surface area contributed by atoms with Crippen LogP contribution in [0.15, 0.2) is 48.5 Å². The van der Waals surface area contributed by atoms with Crippen LogP contribution in [0.2, 0.25) is 0 Å². The predicted molar refractivity (Wildman–Crippen MR) is 123 cm³/mol. The number of ether oxygens (including phenoxy) is 2. The third-order valence-electron chi connectivity index (χ3n) is 4.73. The lowest BCUT2D eigenvalue weighted by Gasteiger charge is -2.05. The molecule has 0 unspecified atom stereocenters. The van der Waals surface area contributed by atoms with Crippen molar-refractivity contribution >= 4 is 24.2 Å². The SMILES string of the molecule is Cc1ccc(C(=O)OOOC(=O)OCCCCCCCOC(=O)OOOC(=O)c2ccc(C)cc2)cc1. The molecular weight excluding hydrogens is 492 g/mol. The van der Waals surface area contributed by atoms with Crippen LogP contribution in [0.4, 0.5) is 9.59 Å². The molecule has 12 nitrogen and oxygen atoms in total. The van der Waals surface area contributed by atoms with Gasteiger partial charge in [-0.2, -0.15) is 0 Å². The molecule has 0 bridgehead atoms. The molecule has 2 aromatic carbocycles. The molecule has 0 aromatic heterocycles. The van der Waals surface area contributed by atoms with Crippen LogP contribution in [-0.2, 0) is 39.1 Å². The van der Waals surface area contributed by atoms with Gasteiger partial charge in [0.1, 0.15) is 0 Å². The van der Waals surface area contributed by atoms with E-state index in [1.54, 1.807) is 48.5 Å². The highest BCUT2D eigenvalue weighted by atomic mass is 17.5. The van der Waals surface area contributed by atoms with Crippen molar-refractivity contribution in [1.29, 1.82) is 0 Å². The molecule has 0 aliphatic heterocycles. The summed E-state index contributed by atoms with van der Waals surface area (Å²) in [4.78, 5) is 63.2. The van der Waals surface area contributed by atoms with Crippen LogP contribution < -0.4 is 0 Å². The first-order valence-corrected chi connectivity index (χ1v) is 11.4. The van der Waals surface area contributed by atoms with Gasteiger partial charge in [-0.1, -0.05) is 54.7 Å². The second-order valence-electron chi connectivity index (χ2n) is 7.74. The summed E-state index contributed by atoms with van der Waals surface area (Å²) in [6, 6.07) is 13.0. The largest absolute Gasteiger partial charge is 0.543 e. The van der Waals surface area contributed by atoms with Crippen LogP contribution >= 0.6 is 0 Å². The quantitative estimate of drug-likeness (QED) is 0.139. The first kappa shape index (κ1) is 29.1. The molecule has 0 saturated heterocycles.